The Bertz CT molecular complexity index is 529. The number of furan rings is 1. The van der Waals surface area contributed by atoms with Crippen molar-refractivity contribution in [3.8, 4) is 0 Å². The van der Waals surface area contributed by atoms with Gasteiger partial charge in [-0.15, -0.1) is 0 Å². The second kappa shape index (κ2) is 6.42. The molecule has 1 N–H and O–H groups in total. The number of hydrogen-bond acceptors (Lipinski definition) is 3. The van der Waals surface area contributed by atoms with Gasteiger partial charge in [-0.25, -0.2) is 0 Å². The lowest BCUT2D eigenvalue weighted by Gasteiger charge is -2.20. The predicted molar refractivity (Wildman–Crippen MR) is 76.5 cm³/mol. The maximum atomic E-state index is 10.4. The highest BCUT2D eigenvalue weighted by atomic mass is 35.5. The van der Waals surface area contributed by atoms with E-state index in [-0.39, 0.29) is 6.10 Å². The van der Waals surface area contributed by atoms with Gasteiger partial charge in [-0.05, 0) is 25.5 Å². The number of hydrogen-bond donors (Lipinski definition) is 1. The molecule has 2 atom stereocenters. The molecule has 2 unspecified atom stereocenters. The zero-order valence-electron chi connectivity index (χ0n) is 11.2. The van der Waals surface area contributed by atoms with Crippen LogP contribution in [0.5, 0.6) is 0 Å². The number of ether oxygens (including phenoxy) is 1. The molecule has 3 nitrogen and oxygen atoms in total. The van der Waals surface area contributed by atoms with Gasteiger partial charge in [0.2, 0.25) is 0 Å². The monoisotopic (exact) mass is 282 g/mol. The van der Waals surface area contributed by atoms with E-state index in [1.165, 1.54) is 0 Å². The van der Waals surface area contributed by atoms with Gasteiger partial charge in [-0.1, -0.05) is 37.1 Å². The molecule has 0 amide bonds. The van der Waals surface area contributed by atoms with Crippen LogP contribution in [0.25, 0.3) is 11.0 Å². The highest BCUT2D eigenvalue weighted by molar-refractivity contribution is 6.34. The van der Waals surface area contributed by atoms with E-state index < -0.39 is 6.10 Å². The van der Waals surface area contributed by atoms with Crippen LogP contribution < -0.4 is 0 Å². The fourth-order valence-corrected chi connectivity index (χ4v) is 2.43. The topological polar surface area (TPSA) is 42.6 Å². The molecule has 0 saturated heterocycles. The summed E-state index contributed by atoms with van der Waals surface area (Å²) in [6.45, 7) is 4.56. The number of para-hydroxylation sites is 1. The molecule has 1 heterocycles. The van der Waals surface area contributed by atoms with Gasteiger partial charge >= 0.3 is 0 Å². The number of rotatable bonds is 6. The number of halogens is 1. The summed E-state index contributed by atoms with van der Waals surface area (Å²) in [7, 11) is 0. The molecule has 0 fully saturated rings. The summed E-state index contributed by atoms with van der Waals surface area (Å²) in [5, 5.41) is 11.8. The third-order valence-corrected chi connectivity index (χ3v) is 3.41. The van der Waals surface area contributed by atoms with Gasteiger partial charge in [0.05, 0.1) is 11.1 Å². The van der Waals surface area contributed by atoms with E-state index in [1.54, 1.807) is 6.07 Å². The molecule has 19 heavy (non-hydrogen) atoms. The second-order valence-electron chi connectivity index (χ2n) is 4.53. The van der Waals surface area contributed by atoms with Crippen LogP contribution in [-0.2, 0) is 4.74 Å². The number of aliphatic hydroxyl groups is 1. The fraction of sp³-hybridized carbons (Fsp3) is 0.467. The Hall–Kier alpha value is -1.03. The smallest absolute Gasteiger partial charge is 0.152 e. The third-order valence-electron chi connectivity index (χ3n) is 3.11. The molecule has 0 bridgehead atoms. The first kappa shape index (κ1) is 14.4. The Kier molecular flexibility index (Phi) is 4.86. The van der Waals surface area contributed by atoms with Crippen LogP contribution in [-0.4, -0.2) is 17.8 Å². The number of benzene rings is 1. The second-order valence-corrected chi connectivity index (χ2v) is 4.94. The molecule has 0 spiro atoms. The lowest BCUT2D eigenvalue weighted by molar-refractivity contribution is -0.0463. The Morgan fingerprint density at radius 3 is 2.79 bits per heavy atom. The Labute approximate surface area is 118 Å². The zero-order chi connectivity index (χ0) is 13.8. The van der Waals surface area contributed by atoms with Crippen molar-refractivity contribution in [2.24, 2.45) is 0 Å². The standard InChI is InChI=1S/C15H19ClO3/c1-3-6-12(18-4-2)14(17)13-9-10-7-5-8-11(16)15(10)19-13/h5,7-9,12,14,17H,3-4,6H2,1-2H3. The molecule has 0 aliphatic rings. The van der Waals surface area contributed by atoms with Crippen molar-refractivity contribution >= 4 is 22.6 Å². The summed E-state index contributed by atoms with van der Waals surface area (Å²) in [6, 6.07) is 7.38. The van der Waals surface area contributed by atoms with Crippen LogP contribution in [0, 0.1) is 0 Å². The van der Waals surface area contributed by atoms with Crippen molar-refractivity contribution in [2.75, 3.05) is 6.61 Å². The molecule has 0 radical (unpaired) electrons. The van der Waals surface area contributed by atoms with E-state index >= 15 is 0 Å². The summed E-state index contributed by atoms with van der Waals surface area (Å²) in [6.07, 6.45) is 0.736. The van der Waals surface area contributed by atoms with Gasteiger partial charge in [0.25, 0.3) is 0 Å². The summed E-state index contributed by atoms with van der Waals surface area (Å²) in [5.41, 5.74) is 0.616. The molecule has 104 valence electrons. The van der Waals surface area contributed by atoms with Crippen molar-refractivity contribution in [1.29, 1.82) is 0 Å². The predicted octanol–water partition coefficient (Wildman–Crippen LogP) is 4.32. The molecule has 1 aromatic carbocycles. The van der Waals surface area contributed by atoms with Crippen LogP contribution in [0.1, 0.15) is 38.6 Å². The lowest BCUT2D eigenvalue weighted by Crippen LogP contribution is -2.21. The van der Waals surface area contributed by atoms with Crippen LogP contribution in [0.3, 0.4) is 0 Å². The summed E-state index contributed by atoms with van der Waals surface area (Å²) in [4.78, 5) is 0. The Balaban J connectivity index is 2.29. The van der Waals surface area contributed by atoms with Crippen molar-refractivity contribution in [2.45, 2.75) is 38.9 Å². The number of aliphatic hydroxyl groups excluding tert-OH is 1. The summed E-state index contributed by atoms with van der Waals surface area (Å²) >= 11 is 6.07. The number of fused-ring (bicyclic) bond motifs is 1. The van der Waals surface area contributed by atoms with Gasteiger partial charge in [0, 0.05) is 12.0 Å². The molecule has 2 rings (SSSR count). The van der Waals surface area contributed by atoms with Gasteiger partial charge < -0.3 is 14.3 Å². The lowest BCUT2D eigenvalue weighted by atomic mass is 10.1. The van der Waals surface area contributed by atoms with Gasteiger partial charge in [0.15, 0.2) is 5.58 Å². The first-order valence-electron chi connectivity index (χ1n) is 6.65. The van der Waals surface area contributed by atoms with Crippen LogP contribution in [0.2, 0.25) is 5.02 Å². The van der Waals surface area contributed by atoms with Gasteiger partial charge in [0.1, 0.15) is 11.9 Å². The highest BCUT2D eigenvalue weighted by Crippen LogP contribution is 2.32. The summed E-state index contributed by atoms with van der Waals surface area (Å²) in [5.74, 6) is 0.509. The van der Waals surface area contributed by atoms with Crippen molar-refractivity contribution < 1.29 is 14.3 Å². The molecule has 2 aromatic rings. The largest absolute Gasteiger partial charge is 0.457 e. The molecule has 0 saturated carbocycles. The van der Waals surface area contributed by atoms with Crippen LogP contribution >= 0.6 is 11.6 Å². The molecule has 1 aromatic heterocycles. The van der Waals surface area contributed by atoms with E-state index in [1.807, 2.05) is 25.1 Å². The molecular formula is C15H19ClO3. The average molecular weight is 283 g/mol. The van der Waals surface area contributed by atoms with Crippen LogP contribution in [0.4, 0.5) is 0 Å². The van der Waals surface area contributed by atoms with E-state index in [9.17, 15) is 5.11 Å². The van der Waals surface area contributed by atoms with E-state index in [4.69, 9.17) is 20.8 Å². The van der Waals surface area contributed by atoms with Crippen molar-refractivity contribution in [3.63, 3.8) is 0 Å². The Morgan fingerprint density at radius 2 is 2.16 bits per heavy atom. The van der Waals surface area contributed by atoms with E-state index in [0.29, 0.717) is 23.0 Å². The Morgan fingerprint density at radius 1 is 1.37 bits per heavy atom. The highest BCUT2D eigenvalue weighted by Gasteiger charge is 2.24. The molecule has 4 heteroatoms. The van der Waals surface area contributed by atoms with Gasteiger partial charge in [-0.3, -0.25) is 0 Å². The quantitative estimate of drug-likeness (QED) is 0.858. The summed E-state index contributed by atoms with van der Waals surface area (Å²) < 4.78 is 11.3. The molecular weight excluding hydrogens is 264 g/mol. The minimum Gasteiger partial charge on any atom is -0.457 e. The molecule has 0 aliphatic heterocycles. The van der Waals surface area contributed by atoms with E-state index in [2.05, 4.69) is 6.92 Å². The third kappa shape index (κ3) is 3.11. The average Bonchev–Trinajstić information content (AvgIpc) is 2.83. The SMILES string of the molecule is CCCC(OCC)C(O)c1cc2cccc(Cl)c2o1. The van der Waals surface area contributed by atoms with E-state index in [0.717, 1.165) is 18.2 Å². The minimum absolute atomic E-state index is 0.241. The van der Waals surface area contributed by atoms with Crippen LogP contribution in [0.15, 0.2) is 28.7 Å². The first-order valence-corrected chi connectivity index (χ1v) is 7.02. The minimum atomic E-state index is -0.761. The molecule has 0 aliphatic carbocycles. The normalized spacial score (nSPS) is 14.7. The van der Waals surface area contributed by atoms with Crippen molar-refractivity contribution in [1.82, 2.24) is 0 Å². The first-order chi connectivity index (χ1) is 9.17. The van der Waals surface area contributed by atoms with Crippen molar-refractivity contribution in [3.05, 3.63) is 35.0 Å². The fourth-order valence-electron chi connectivity index (χ4n) is 2.21. The zero-order valence-corrected chi connectivity index (χ0v) is 12.0. The maximum absolute atomic E-state index is 10.4. The maximum Gasteiger partial charge on any atom is 0.152 e. The van der Waals surface area contributed by atoms with Gasteiger partial charge in [-0.2, -0.15) is 0 Å².